The van der Waals surface area contributed by atoms with Crippen LogP contribution >= 0.6 is 0 Å². The van der Waals surface area contributed by atoms with Gasteiger partial charge in [-0.1, -0.05) is 13.8 Å². The molecular weight excluding hydrogens is 222 g/mol. The topological polar surface area (TPSA) is 18.5 Å². The van der Waals surface area contributed by atoms with Gasteiger partial charge in [-0.3, -0.25) is 4.90 Å². The van der Waals surface area contributed by atoms with Gasteiger partial charge in [-0.25, -0.2) is 0 Å². The number of piperazine rings is 1. The molecular formula is C15H31N3. The number of rotatable bonds is 4. The lowest BCUT2D eigenvalue weighted by molar-refractivity contribution is 0.0686. The van der Waals surface area contributed by atoms with Gasteiger partial charge in [0.2, 0.25) is 0 Å². The van der Waals surface area contributed by atoms with E-state index in [1.54, 1.807) is 0 Å². The lowest BCUT2D eigenvalue weighted by atomic mass is 9.91. The highest BCUT2D eigenvalue weighted by Crippen LogP contribution is 2.24. The second kappa shape index (κ2) is 5.89. The summed E-state index contributed by atoms with van der Waals surface area (Å²) < 4.78 is 0. The molecule has 106 valence electrons. The van der Waals surface area contributed by atoms with Crippen molar-refractivity contribution in [1.29, 1.82) is 0 Å². The van der Waals surface area contributed by atoms with Crippen molar-refractivity contribution < 1.29 is 0 Å². The Morgan fingerprint density at radius 3 is 2.67 bits per heavy atom. The van der Waals surface area contributed by atoms with E-state index in [-0.39, 0.29) is 0 Å². The molecule has 1 N–H and O–H groups in total. The predicted octanol–water partition coefficient (Wildman–Crippen LogP) is 1.79. The van der Waals surface area contributed by atoms with Crippen LogP contribution in [0.2, 0.25) is 0 Å². The molecule has 0 aliphatic carbocycles. The second-order valence-corrected chi connectivity index (χ2v) is 6.70. The SMILES string of the molecule is CCC1CNC(C)(CC)CN1CC1CCN(C)C1. The molecule has 0 radical (unpaired) electrons. The normalized spacial score (nSPS) is 39.3. The first kappa shape index (κ1) is 14.3. The third-order valence-electron chi connectivity index (χ3n) is 5.07. The van der Waals surface area contributed by atoms with E-state index in [4.69, 9.17) is 0 Å². The Bertz CT molecular complexity index is 268. The van der Waals surface area contributed by atoms with Crippen LogP contribution in [0.5, 0.6) is 0 Å². The Kier molecular flexibility index (Phi) is 4.68. The first-order valence-corrected chi connectivity index (χ1v) is 7.74. The summed E-state index contributed by atoms with van der Waals surface area (Å²) in [5.74, 6) is 0.892. The molecule has 0 amide bonds. The third kappa shape index (κ3) is 3.25. The number of hydrogen-bond acceptors (Lipinski definition) is 3. The van der Waals surface area contributed by atoms with Crippen LogP contribution in [-0.2, 0) is 0 Å². The van der Waals surface area contributed by atoms with Gasteiger partial charge in [0.25, 0.3) is 0 Å². The Balaban J connectivity index is 1.94. The van der Waals surface area contributed by atoms with Crippen molar-refractivity contribution in [3.63, 3.8) is 0 Å². The molecule has 2 heterocycles. The highest BCUT2D eigenvalue weighted by Gasteiger charge is 2.35. The van der Waals surface area contributed by atoms with Crippen molar-refractivity contribution in [2.24, 2.45) is 5.92 Å². The van der Waals surface area contributed by atoms with Gasteiger partial charge in [-0.2, -0.15) is 0 Å². The molecule has 2 rings (SSSR count). The van der Waals surface area contributed by atoms with Gasteiger partial charge in [0.15, 0.2) is 0 Å². The van der Waals surface area contributed by atoms with Gasteiger partial charge in [0.05, 0.1) is 0 Å². The Morgan fingerprint density at radius 2 is 2.11 bits per heavy atom. The lowest BCUT2D eigenvalue weighted by Gasteiger charge is -2.46. The van der Waals surface area contributed by atoms with Crippen LogP contribution in [0.3, 0.4) is 0 Å². The van der Waals surface area contributed by atoms with Crippen molar-refractivity contribution in [3.8, 4) is 0 Å². The molecule has 0 aromatic carbocycles. The summed E-state index contributed by atoms with van der Waals surface area (Å²) in [6.07, 6.45) is 3.89. The van der Waals surface area contributed by atoms with Gasteiger partial charge in [0.1, 0.15) is 0 Å². The fraction of sp³-hybridized carbons (Fsp3) is 1.00. The summed E-state index contributed by atoms with van der Waals surface area (Å²) >= 11 is 0. The molecule has 3 atom stereocenters. The monoisotopic (exact) mass is 253 g/mol. The highest BCUT2D eigenvalue weighted by molar-refractivity contribution is 4.95. The minimum atomic E-state index is 0.330. The summed E-state index contributed by atoms with van der Waals surface area (Å²) in [6, 6.07) is 0.746. The smallest absolute Gasteiger partial charge is 0.0278 e. The summed E-state index contributed by atoms with van der Waals surface area (Å²) in [5, 5.41) is 3.76. The van der Waals surface area contributed by atoms with E-state index in [0.29, 0.717) is 5.54 Å². The minimum Gasteiger partial charge on any atom is -0.309 e. The first-order valence-electron chi connectivity index (χ1n) is 7.74. The van der Waals surface area contributed by atoms with Crippen molar-refractivity contribution in [1.82, 2.24) is 15.1 Å². The zero-order valence-electron chi connectivity index (χ0n) is 12.7. The number of nitrogens with one attached hydrogen (secondary N) is 1. The zero-order chi connectivity index (χ0) is 13.2. The van der Waals surface area contributed by atoms with Crippen molar-refractivity contribution >= 4 is 0 Å². The molecule has 2 aliphatic rings. The molecule has 2 aliphatic heterocycles. The van der Waals surface area contributed by atoms with E-state index in [9.17, 15) is 0 Å². The van der Waals surface area contributed by atoms with Crippen molar-refractivity contribution in [3.05, 3.63) is 0 Å². The number of nitrogens with zero attached hydrogens (tertiary/aromatic N) is 2. The average molecular weight is 253 g/mol. The summed E-state index contributed by atoms with van der Waals surface area (Å²) in [7, 11) is 2.26. The molecule has 0 bridgehead atoms. The van der Waals surface area contributed by atoms with E-state index in [0.717, 1.165) is 12.0 Å². The van der Waals surface area contributed by atoms with Crippen LogP contribution in [0, 0.1) is 5.92 Å². The molecule has 18 heavy (non-hydrogen) atoms. The fourth-order valence-corrected chi connectivity index (χ4v) is 3.49. The third-order valence-corrected chi connectivity index (χ3v) is 5.07. The summed E-state index contributed by atoms with van der Waals surface area (Å²) in [6.45, 7) is 13.3. The van der Waals surface area contributed by atoms with E-state index in [2.05, 4.69) is 42.9 Å². The van der Waals surface area contributed by atoms with Gasteiger partial charge >= 0.3 is 0 Å². The van der Waals surface area contributed by atoms with Crippen molar-refractivity contribution in [2.75, 3.05) is 39.8 Å². The van der Waals surface area contributed by atoms with Crippen LogP contribution in [0.1, 0.15) is 40.0 Å². The maximum absolute atomic E-state index is 3.76. The fourth-order valence-electron chi connectivity index (χ4n) is 3.49. The van der Waals surface area contributed by atoms with Crippen LogP contribution in [0.15, 0.2) is 0 Å². The Labute approximate surface area is 113 Å². The minimum absolute atomic E-state index is 0.330. The van der Waals surface area contributed by atoms with Crippen LogP contribution in [0.25, 0.3) is 0 Å². The van der Waals surface area contributed by atoms with E-state index >= 15 is 0 Å². The molecule has 2 fully saturated rings. The van der Waals surface area contributed by atoms with Gasteiger partial charge < -0.3 is 10.2 Å². The van der Waals surface area contributed by atoms with Crippen molar-refractivity contribution in [2.45, 2.75) is 51.6 Å². The van der Waals surface area contributed by atoms with Crippen LogP contribution < -0.4 is 5.32 Å². The molecule has 0 spiro atoms. The van der Waals surface area contributed by atoms with Gasteiger partial charge in [-0.15, -0.1) is 0 Å². The van der Waals surface area contributed by atoms with E-state index in [1.165, 1.54) is 52.0 Å². The Morgan fingerprint density at radius 1 is 1.33 bits per heavy atom. The lowest BCUT2D eigenvalue weighted by Crippen LogP contribution is -2.63. The second-order valence-electron chi connectivity index (χ2n) is 6.70. The summed E-state index contributed by atoms with van der Waals surface area (Å²) in [5.41, 5.74) is 0.330. The molecule has 0 aromatic heterocycles. The molecule has 3 heteroatoms. The number of likely N-dealkylation sites (tertiary alicyclic amines) is 1. The first-order chi connectivity index (χ1) is 8.56. The van der Waals surface area contributed by atoms with E-state index in [1.807, 2.05) is 0 Å². The average Bonchev–Trinajstić information content (AvgIpc) is 2.75. The molecule has 2 saturated heterocycles. The molecule has 0 saturated carbocycles. The largest absolute Gasteiger partial charge is 0.309 e. The maximum Gasteiger partial charge on any atom is 0.0278 e. The standard InChI is InChI=1S/C15H31N3/c1-5-14-9-16-15(3,6-2)12-18(14)11-13-7-8-17(4)10-13/h13-14,16H,5-12H2,1-4H3. The molecule has 3 unspecified atom stereocenters. The maximum atomic E-state index is 3.76. The zero-order valence-corrected chi connectivity index (χ0v) is 12.7. The Hall–Kier alpha value is -0.120. The van der Waals surface area contributed by atoms with Crippen LogP contribution in [-0.4, -0.2) is 61.2 Å². The highest BCUT2D eigenvalue weighted by atomic mass is 15.3. The van der Waals surface area contributed by atoms with Crippen LogP contribution in [0.4, 0.5) is 0 Å². The van der Waals surface area contributed by atoms with E-state index < -0.39 is 0 Å². The molecule has 3 nitrogen and oxygen atoms in total. The quantitative estimate of drug-likeness (QED) is 0.824. The predicted molar refractivity (Wildman–Crippen MR) is 78.0 cm³/mol. The van der Waals surface area contributed by atoms with Gasteiger partial charge in [-0.05, 0) is 45.7 Å². The number of hydrogen-bond donors (Lipinski definition) is 1. The molecule has 0 aromatic rings. The summed E-state index contributed by atoms with van der Waals surface area (Å²) in [4.78, 5) is 5.25. The van der Waals surface area contributed by atoms with Gasteiger partial charge in [0, 0.05) is 37.8 Å².